The topological polar surface area (TPSA) is 334 Å². The number of benzene rings is 6. The molecule has 0 amide bonds. The highest BCUT2D eigenvalue weighted by atomic mass is 32.2. The van der Waals surface area contributed by atoms with E-state index in [1.807, 2.05) is 140 Å². The molecule has 0 radical (unpaired) electrons. The Kier molecular flexibility index (Phi) is 17.1. The van der Waals surface area contributed by atoms with Crippen molar-refractivity contribution in [2.45, 2.75) is 5.51 Å². The third-order valence-corrected chi connectivity index (χ3v) is 15.0. The lowest BCUT2D eigenvalue weighted by molar-refractivity contribution is -0.0500. The van der Waals surface area contributed by atoms with Gasteiger partial charge in [0.05, 0.1) is 0 Å². The first-order chi connectivity index (χ1) is 45.1. The van der Waals surface area contributed by atoms with Crippen molar-refractivity contribution in [1.82, 2.24) is 29.9 Å². The van der Waals surface area contributed by atoms with Crippen LogP contribution < -0.4 is 26.3 Å². The van der Waals surface area contributed by atoms with Crippen molar-refractivity contribution in [2.24, 2.45) is 10.2 Å². The van der Waals surface area contributed by atoms with E-state index in [1.165, 1.54) is 36.8 Å². The van der Waals surface area contributed by atoms with E-state index in [0.717, 1.165) is 100 Å². The molecule has 0 aliphatic heterocycles. The maximum absolute atomic E-state index is 12.6. The molecule has 15 rings (SSSR count). The predicted octanol–water partition coefficient (Wildman–Crippen LogP) is 18.6. The SMILES string of the molecule is Nc1cc(Nc2ccc3cncc(-c4cc5ccccc5o4)c3c2)ccn1.O=S(=O)(Oc1ccc2cncc(-c3cc4ccccc4o3)c2c1)C(F)(F)F.[N-]=[N+]=Nc1cc(N)ccn1.[N-]=[N+]=Nc1cc(Nc2ccc3cncc(-c4cc5ccccc5o4)c3c2)ccn1. The van der Waals surface area contributed by atoms with Crippen LogP contribution in [-0.2, 0) is 10.1 Å². The molecule has 0 atom stereocenters. The molecule has 0 unspecified atom stereocenters. The summed E-state index contributed by atoms with van der Waals surface area (Å²) in [6.07, 6.45) is 15.1. The van der Waals surface area contributed by atoms with E-state index in [-0.39, 0.29) is 0 Å². The molecule has 26 heteroatoms. The molecule has 456 valence electrons. The lowest BCUT2D eigenvalue weighted by Gasteiger charge is -2.10. The summed E-state index contributed by atoms with van der Waals surface area (Å²) in [7, 11) is -5.76. The maximum Gasteiger partial charge on any atom is 0.534 e. The number of hydrogen-bond donors (Lipinski definition) is 4. The van der Waals surface area contributed by atoms with E-state index in [0.29, 0.717) is 50.8 Å². The van der Waals surface area contributed by atoms with Crippen molar-refractivity contribution >= 4 is 121 Å². The van der Waals surface area contributed by atoms with Crippen molar-refractivity contribution in [3.05, 3.63) is 259 Å². The van der Waals surface area contributed by atoms with Crippen molar-refractivity contribution < 1.29 is 39.0 Å². The van der Waals surface area contributed by atoms with E-state index >= 15 is 0 Å². The monoisotopic (exact) mass is 1260 g/mol. The molecule has 0 saturated carbocycles. The van der Waals surface area contributed by atoms with Crippen LogP contribution in [0, 0.1) is 0 Å². The van der Waals surface area contributed by atoms with Gasteiger partial charge in [-0.25, -0.2) is 4.98 Å². The summed E-state index contributed by atoms with van der Waals surface area (Å²) >= 11 is 0. The zero-order chi connectivity index (χ0) is 64.5. The number of nitrogens with one attached hydrogen (secondary N) is 2. The molecule has 22 nitrogen and oxygen atoms in total. The second kappa shape index (κ2) is 26.4. The number of anilines is 6. The summed E-state index contributed by atoms with van der Waals surface area (Å²) in [5.74, 6) is 2.66. The molecule has 0 spiro atoms. The van der Waals surface area contributed by atoms with Crippen molar-refractivity contribution in [1.29, 1.82) is 0 Å². The van der Waals surface area contributed by atoms with Crippen LogP contribution in [0.15, 0.2) is 261 Å². The van der Waals surface area contributed by atoms with Gasteiger partial charge in [-0.05, 0) is 147 Å². The summed E-state index contributed by atoms with van der Waals surface area (Å²) in [5, 5.41) is 21.6. The largest absolute Gasteiger partial charge is 0.534 e. The number of pyridine rings is 6. The fourth-order valence-corrected chi connectivity index (χ4v) is 10.2. The summed E-state index contributed by atoms with van der Waals surface area (Å²) in [6.45, 7) is 0. The maximum atomic E-state index is 12.6. The molecular formula is C67H45F3N16O6S. The molecule has 0 aliphatic rings. The van der Waals surface area contributed by atoms with E-state index in [4.69, 9.17) is 35.8 Å². The highest BCUT2D eigenvalue weighted by Crippen LogP contribution is 2.39. The number of aromatic nitrogens is 6. The second-order valence-corrected chi connectivity index (χ2v) is 21.7. The average molecular weight is 1260 g/mol. The highest BCUT2D eigenvalue weighted by molar-refractivity contribution is 7.88. The molecule has 0 aliphatic carbocycles. The molecule has 93 heavy (non-hydrogen) atoms. The first-order valence-electron chi connectivity index (χ1n) is 27.8. The number of para-hydroxylation sites is 3. The molecule has 0 fully saturated rings. The molecule has 6 N–H and O–H groups in total. The minimum absolute atomic E-state index is 0.294. The van der Waals surface area contributed by atoms with Gasteiger partial charge in [-0.2, -0.15) is 21.6 Å². The number of hydrogen-bond acceptors (Lipinski definition) is 18. The van der Waals surface area contributed by atoms with Gasteiger partial charge in [-0.1, -0.05) is 66.7 Å². The highest BCUT2D eigenvalue weighted by Gasteiger charge is 2.48. The van der Waals surface area contributed by atoms with Gasteiger partial charge in [0.1, 0.15) is 57.2 Å². The minimum Gasteiger partial charge on any atom is -0.456 e. The third-order valence-electron chi connectivity index (χ3n) is 14.0. The fourth-order valence-electron chi connectivity index (χ4n) is 9.78. The zero-order valence-corrected chi connectivity index (χ0v) is 48.8. The van der Waals surface area contributed by atoms with Gasteiger partial charge >= 0.3 is 15.6 Å². The lowest BCUT2D eigenvalue weighted by atomic mass is 10.0. The molecular weight excluding hydrogens is 1210 g/mol. The number of furan rings is 3. The Bertz CT molecular complexity index is 5400. The molecule has 0 bridgehead atoms. The summed E-state index contributed by atoms with van der Waals surface area (Å²) in [6, 6.07) is 55.3. The Morgan fingerprint density at radius 3 is 1.30 bits per heavy atom. The van der Waals surface area contributed by atoms with E-state index in [1.54, 1.807) is 42.7 Å². The number of rotatable bonds is 11. The Morgan fingerprint density at radius 2 is 0.860 bits per heavy atom. The summed E-state index contributed by atoms with van der Waals surface area (Å²) in [4.78, 5) is 29.9. The second-order valence-electron chi connectivity index (χ2n) is 20.2. The number of nitrogens with two attached hydrogens (primary N) is 2. The summed E-state index contributed by atoms with van der Waals surface area (Å²) < 4.78 is 82.3. The number of alkyl halides is 3. The van der Waals surface area contributed by atoms with Gasteiger partial charge in [0.15, 0.2) is 0 Å². The van der Waals surface area contributed by atoms with E-state index in [9.17, 15) is 21.6 Å². The Morgan fingerprint density at radius 1 is 0.452 bits per heavy atom. The predicted molar refractivity (Wildman–Crippen MR) is 352 cm³/mol. The van der Waals surface area contributed by atoms with Crippen LogP contribution in [0.2, 0.25) is 0 Å². The Balaban J connectivity index is 0.000000125. The van der Waals surface area contributed by atoms with Crippen LogP contribution in [-0.4, -0.2) is 43.8 Å². The smallest absolute Gasteiger partial charge is 0.456 e. The van der Waals surface area contributed by atoms with Crippen molar-refractivity contribution in [3.63, 3.8) is 0 Å². The quantitative estimate of drug-likeness (QED) is 0.0307. The van der Waals surface area contributed by atoms with Crippen molar-refractivity contribution in [3.8, 4) is 39.7 Å². The number of halogens is 3. The third kappa shape index (κ3) is 14.0. The number of fused-ring (bicyclic) bond motifs is 6. The van der Waals surface area contributed by atoms with Crippen LogP contribution in [0.1, 0.15) is 0 Å². The number of azide groups is 2. The molecule has 9 aromatic heterocycles. The molecule has 15 aromatic rings. The zero-order valence-electron chi connectivity index (χ0n) is 48.0. The van der Waals surface area contributed by atoms with Crippen LogP contribution in [0.3, 0.4) is 0 Å². The molecule has 0 saturated heterocycles. The number of nitrogens with zero attached hydrogens (tertiary/aromatic N) is 12. The Labute approximate surface area is 524 Å². The van der Waals surface area contributed by atoms with Crippen LogP contribution in [0.5, 0.6) is 5.75 Å². The molecule has 9 heterocycles. The summed E-state index contributed by atoms with van der Waals surface area (Å²) in [5.41, 5.74) is 31.0. The van der Waals surface area contributed by atoms with Gasteiger partial charge < -0.3 is 39.5 Å². The van der Waals surface area contributed by atoms with E-state index < -0.39 is 21.4 Å². The molecule has 6 aromatic carbocycles. The first-order valence-corrected chi connectivity index (χ1v) is 29.2. The fraction of sp³-hybridized carbons (Fsp3) is 0.0149. The van der Waals surface area contributed by atoms with Crippen LogP contribution in [0.4, 0.5) is 59.1 Å². The van der Waals surface area contributed by atoms with E-state index in [2.05, 4.69) is 76.9 Å². The normalized spacial score (nSPS) is 11.1. The average Bonchev–Trinajstić information content (AvgIpc) is 1.80. The van der Waals surface area contributed by atoms with Crippen LogP contribution in [0.25, 0.3) is 120 Å². The van der Waals surface area contributed by atoms with Gasteiger partial charge in [0.2, 0.25) is 0 Å². The van der Waals surface area contributed by atoms with Gasteiger partial charge in [-0.3, -0.25) is 24.9 Å². The minimum atomic E-state index is -5.76. The standard InChI is InChI=1S/C22H14N6O.C22H16N4O.C18H10F3NO4S.C5H5N5/c23-28-27-22-11-17(7-8-25-22)26-16-6-5-15-12-24-13-19(18(15)10-16)21-9-14-3-1-2-4-20(14)29-21;23-22-11-17(7-8-25-22)26-16-6-5-15-12-24-13-19(18(15)10-16)21-9-14-3-1-2-4-20(14)27-21;19-18(20,21)27(23,24)26-13-6-5-12-9-22-10-15(14(12)8-13)17-7-11-3-1-2-4-16(11)25-17;6-4-1-2-8-5(3-4)9-10-7/h1-13H,(H,25,26);1-13H,(H3,23,25,26);1-10H;1-3H,(H2,6,8). The van der Waals surface area contributed by atoms with Gasteiger partial charge in [0.25, 0.3) is 0 Å². The number of nitrogen functional groups attached to an aromatic ring is 2. The lowest BCUT2D eigenvalue weighted by Crippen LogP contribution is -2.28. The van der Waals surface area contributed by atoms with Crippen LogP contribution >= 0.6 is 0 Å². The van der Waals surface area contributed by atoms with Gasteiger partial charge in [0, 0.05) is 149 Å². The Hall–Kier alpha value is -13.0. The van der Waals surface area contributed by atoms with Gasteiger partial charge in [-0.15, -0.1) is 0 Å². The first kappa shape index (κ1) is 60.3. The van der Waals surface area contributed by atoms with Crippen molar-refractivity contribution in [2.75, 3.05) is 22.1 Å².